The fraction of sp³-hybridized carbons (Fsp3) is 0.826. The molecule has 0 aliphatic heterocycles. The van der Waals surface area contributed by atoms with Crippen molar-refractivity contribution in [3.05, 3.63) is 12.2 Å². The molecule has 0 rings (SSSR count). The van der Waals surface area contributed by atoms with Crippen LogP contribution < -0.4 is 12.4 Å². The Kier molecular flexibility index (Phi) is 21.0. The quantitative estimate of drug-likeness (QED) is 0.0799. The Balaban J connectivity index is 0. The second kappa shape index (κ2) is 20.4. The van der Waals surface area contributed by atoms with Gasteiger partial charge in [-0.05, 0) is 13.3 Å². The van der Waals surface area contributed by atoms with Crippen molar-refractivity contribution < 1.29 is 50.9 Å². The lowest BCUT2D eigenvalue weighted by molar-refractivity contribution is -0.921. The Hall–Kier alpha value is -1.19. The largest absolute Gasteiger partial charge is 1.00 e. The lowest BCUT2D eigenvalue weighted by Gasteiger charge is -2.32. The lowest BCUT2D eigenvalue weighted by atomic mass is 10.1. The summed E-state index contributed by atoms with van der Waals surface area (Å²) in [6, 6.07) is 0. The fourth-order valence-electron chi connectivity index (χ4n) is 2.89. The van der Waals surface area contributed by atoms with Gasteiger partial charge in [0.1, 0.15) is 25.9 Å². The van der Waals surface area contributed by atoms with Crippen LogP contribution in [-0.2, 0) is 23.8 Å². The predicted octanol–water partition coefficient (Wildman–Crippen LogP) is -0.432. The highest BCUT2D eigenvalue weighted by Gasteiger charge is 2.27. The van der Waals surface area contributed by atoms with Crippen LogP contribution in [0.3, 0.4) is 0 Å². The van der Waals surface area contributed by atoms with E-state index in [1.54, 1.807) is 6.92 Å². The Morgan fingerprint density at radius 2 is 1.59 bits per heavy atom. The number of quaternary nitrogens is 1. The zero-order chi connectivity index (χ0) is 23.5. The molecule has 2 N–H and O–H groups in total. The maximum absolute atomic E-state index is 12.2. The third-order valence-corrected chi connectivity index (χ3v) is 4.92. The van der Waals surface area contributed by atoms with Crippen LogP contribution in [0.2, 0.25) is 0 Å². The predicted molar refractivity (Wildman–Crippen MR) is 119 cm³/mol. The monoisotopic (exact) mass is 481 g/mol. The van der Waals surface area contributed by atoms with E-state index in [9.17, 15) is 14.7 Å². The van der Waals surface area contributed by atoms with Crippen molar-refractivity contribution in [3.63, 3.8) is 0 Å². The summed E-state index contributed by atoms with van der Waals surface area (Å²) >= 11 is 0. The summed E-state index contributed by atoms with van der Waals surface area (Å²) in [5.41, 5.74) is 0.317. The molecule has 0 radical (unpaired) electrons. The first-order chi connectivity index (χ1) is 14.7. The maximum Gasteiger partial charge on any atom is 0.361 e. The number of aliphatic hydroxyl groups is 2. The molecule has 2 atom stereocenters. The number of esters is 2. The number of halogens is 1. The van der Waals surface area contributed by atoms with E-state index >= 15 is 0 Å². The van der Waals surface area contributed by atoms with Crippen LogP contribution in [0, 0.1) is 0 Å². The number of carbonyl (C=O) groups is 2. The molecule has 0 heterocycles. The van der Waals surface area contributed by atoms with Gasteiger partial charge in [-0.3, -0.25) is 4.48 Å². The number of likely N-dealkylation sites (N-methyl/N-ethyl adjacent to an activating group) is 1. The number of unbranched alkanes of at least 4 members (excludes halogenated alkanes) is 7. The molecule has 8 nitrogen and oxygen atoms in total. The van der Waals surface area contributed by atoms with E-state index in [0.29, 0.717) is 18.7 Å². The molecular formula is C23H44ClNO7. The van der Waals surface area contributed by atoms with Crippen LogP contribution in [0.15, 0.2) is 12.2 Å². The molecule has 0 spiro atoms. The van der Waals surface area contributed by atoms with Gasteiger partial charge in [0.15, 0.2) is 13.3 Å². The summed E-state index contributed by atoms with van der Waals surface area (Å²) in [4.78, 5) is 23.8. The zero-order valence-electron chi connectivity index (χ0n) is 20.2. The highest BCUT2D eigenvalue weighted by atomic mass is 35.5. The first-order valence-corrected chi connectivity index (χ1v) is 11.4. The summed E-state index contributed by atoms with van der Waals surface area (Å²) in [5.74, 6) is -0.989. The molecule has 0 bridgehead atoms. The van der Waals surface area contributed by atoms with Gasteiger partial charge in [0.25, 0.3) is 0 Å². The van der Waals surface area contributed by atoms with E-state index in [-0.39, 0.29) is 43.4 Å². The second-order valence-electron chi connectivity index (χ2n) is 8.45. The SMILES string of the molecule is C=C(C)C(=O)OCC[N+](C)(COCCCCCCCCCC)CC(=O)OCC(O)CO.[Cl-]. The molecule has 190 valence electrons. The molecule has 0 aromatic carbocycles. The summed E-state index contributed by atoms with van der Waals surface area (Å²) in [6.45, 7) is 7.97. The Labute approximate surface area is 199 Å². The number of carbonyl (C=O) groups excluding carboxylic acids is 2. The Morgan fingerprint density at radius 1 is 1.00 bits per heavy atom. The van der Waals surface area contributed by atoms with E-state index in [4.69, 9.17) is 19.3 Å². The van der Waals surface area contributed by atoms with Crippen molar-refractivity contribution in [2.24, 2.45) is 0 Å². The highest BCUT2D eigenvalue weighted by molar-refractivity contribution is 5.86. The first-order valence-electron chi connectivity index (χ1n) is 11.4. The normalized spacial score (nSPS) is 13.5. The van der Waals surface area contributed by atoms with E-state index < -0.39 is 24.6 Å². The summed E-state index contributed by atoms with van der Waals surface area (Å²) in [6.07, 6.45) is 8.61. The number of rotatable bonds is 20. The summed E-state index contributed by atoms with van der Waals surface area (Å²) in [5, 5.41) is 18.2. The molecule has 0 saturated carbocycles. The van der Waals surface area contributed by atoms with Crippen LogP contribution in [0.1, 0.15) is 65.2 Å². The standard InChI is InChI=1S/C23H44NO7.ClH/c1-5-6-7-8-9-10-11-12-14-29-19-24(4,13-15-30-23(28)20(2)3)16-22(27)31-18-21(26)17-25;/h21,25-26H,2,5-19H2,1,3-4H3;1H/q+1;/p-1. The molecule has 0 amide bonds. The zero-order valence-corrected chi connectivity index (χ0v) is 20.9. The smallest absolute Gasteiger partial charge is 0.361 e. The van der Waals surface area contributed by atoms with Crippen molar-refractivity contribution >= 4 is 11.9 Å². The highest BCUT2D eigenvalue weighted by Crippen LogP contribution is 2.10. The Morgan fingerprint density at radius 3 is 2.16 bits per heavy atom. The van der Waals surface area contributed by atoms with Gasteiger partial charge in [0.05, 0.1) is 20.3 Å². The van der Waals surface area contributed by atoms with Gasteiger partial charge in [-0.2, -0.15) is 0 Å². The van der Waals surface area contributed by atoms with Gasteiger partial charge in [-0.25, -0.2) is 9.59 Å². The molecular weight excluding hydrogens is 438 g/mol. The van der Waals surface area contributed by atoms with Crippen molar-refractivity contribution in [3.8, 4) is 0 Å². The van der Waals surface area contributed by atoms with Gasteiger partial charge < -0.3 is 36.8 Å². The molecule has 0 aliphatic rings. The number of nitrogens with zero attached hydrogens (tertiary/aromatic N) is 1. The number of aliphatic hydroxyl groups excluding tert-OH is 2. The third-order valence-electron chi connectivity index (χ3n) is 4.92. The minimum Gasteiger partial charge on any atom is -1.00 e. The number of hydrogen-bond acceptors (Lipinski definition) is 7. The van der Waals surface area contributed by atoms with Gasteiger partial charge in [-0.1, -0.05) is 58.4 Å². The van der Waals surface area contributed by atoms with Crippen molar-refractivity contribution in [2.75, 3.05) is 53.3 Å². The minimum absolute atomic E-state index is 0. The minimum atomic E-state index is -1.10. The molecule has 2 unspecified atom stereocenters. The fourth-order valence-corrected chi connectivity index (χ4v) is 2.89. The van der Waals surface area contributed by atoms with Gasteiger partial charge in [0.2, 0.25) is 0 Å². The van der Waals surface area contributed by atoms with Gasteiger partial charge in [-0.15, -0.1) is 0 Å². The molecule has 0 fully saturated rings. The van der Waals surface area contributed by atoms with E-state index in [1.165, 1.54) is 38.5 Å². The summed E-state index contributed by atoms with van der Waals surface area (Å²) in [7, 11) is 1.83. The van der Waals surface area contributed by atoms with Crippen LogP contribution in [0.25, 0.3) is 0 Å². The van der Waals surface area contributed by atoms with Crippen molar-refractivity contribution in [1.82, 2.24) is 0 Å². The van der Waals surface area contributed by atoms with E-state index in [1.807, 2.05) is 7.05 Å². The van der Waals surface area contributed by atoms with Crippen LogP contribution in [0.5, 0.6) is 0 Å². The molecule has 0 aromatic heterocycles. The van der Waals surface area contributed by atoms with E-state index in [0.717, 1.165) is 12.8 Å². The van der Waals surface area contributed by atoms with Crippen molar-refractivity contribution in [1.29, 1.82) is 0 Å². The molecule has 0 aliphatic carbocycles. The number of ether oxygens (including phenoxy) is 3. The topological polar surface area (TPSA) is 102 Å². The van der Waals surface area contributed by atoms with Gasteiger partial charge in [0, 0.05) is 5.57 Å². The first kappa shape index (κ1) is 33.0. The molecule has 0 aromatic rings. The van der Waals surface area contributed by atoms with Crippen LogP contribution in [-0.4, -0.2) is 86.0 Å². The lowest BCUT2D eigenvalue weighted by Crippen LogP contribution is -3.00. The third kappa shape index (κ3) is 18.4. The van der Waals surface area contributed by atoms with Crippen molar-refractivity contribution in [2.45, 2.75) is 71.3 Å². The molecule has 9 heteroatoms. The summed E-state index contributed by atoms with van der Waals surface area (Å²) < 4.78 is 16.2. The number of hydrogen-bond donors (Lipinski definition) is 2. The average molecular weight is 482 g/mol. The van der Waals surface area contributed by atoms with E-state index in [2.05, 4.69) is 13.5 Å². The van der Waals surface area contributed by atoms with Crippen LogP contribution >= 0.6 is 0 Å². The average Bonchev–Trinajstić information content (AvgIpc) is 2.73. The van der Waals surface area contributed by atoms with Gasteiger partial charge >= 0.3 is 11.9 Å². The van der Waals surface area contributed by atoms with Crippen LogP contribution in [0.4, 0.5) is 0 Å². The molecule has 0 saturated heterocycles. The Bertz CT molecular complexity index is 519. The second-order valence-corrected chi connectivity index (χ2v) is 8.45. The molecule has 32 heavy (non-hydrogen) atoms. The maximum atomic E-state index is 12.2.